The first kappa shape index (κ1) is 17.0. The van der Waals surface area contributed by atoms with Crippen molar-refractivity contribution in [3.8, 4) is 0 Å². The van der Waals surface area contributed by atoms with Crippen molar-refractivity contribution in [1.29, 1.82) is 0 Å². The Bertz CT molecular complexity index is 716. The molecule has 4 heteroatoms. The van der Waals surface area contributed by atoms with Gasteiger partial charge in [0.15, 0.2) is 5.78 Å². The molecular weight excluding hydrogens is 288 g/mol. The predicted molar refractivity (Wildman–Crippen MR) is 91.9 cm³/mol. The summed E-state index contributed by atoms with van der Waals surface area (Å²) in [6, 6.07) is 9.87. The largest absolute Gasteiger partial charge is 0.354 e. The second kappa shape index (κ2) is 6.82. The number of aromatic nitrogens is 1. The van der Waals surface area contributed by atoms with Crippen LogP contribution >= 0.6 is 0 Å². The summed E-state index contributed by atoms with van der Waals surface area (Å²) < 4.78 is 0. The minimum Gasteiger partial charge on any atom is -0.354 e. The Morgan fingerprint density at radius 1 is 1.22 bits per heavy atom. The third-order valence-corrected chi connectivity index (χ3v) is 4.39. The molecule has 1 heterocycles. The van der Waals surface area contributed by atoms with Crippen molar-refractivity contribution in [1.82, 2.24) is 9.88 Å². The van der Waals surface area contributed by atoms with Gasteiger partial charge in [-0.05, 0) is 38.3 Å². The molecule has 1 aromatic heterocycles. The van der Waals surface area contributed by atoms with E-state index < -0.39 is 0 Å². The van der Waals surface area contributed by atoms with E-state index in [1.165, 1.54) is 0 Å². The fraction of sp³-hybridized carbons (Fsp3) is 0.368. The number of carbonyl (C=O) groups excluding carboxylic acids is 2. The Labute approximate surface area is 137 Å². The summed E-state index contributed by atoms with van der Waals surface area (Å²) in [6.07, 6.45) is 0.647. The lowest BCUT2D eigenvalue weighted by molar-refractivity contribution is 0.0736. The van der Waals surface area contributed by atoms with Crippen molar-refractivity contribution in [2.75, 3.05) is 7.05 Å². The highest BCUT2D eigenvalue weighted by Crippen LogP contribution is 2.25. The molecule has 4 nitrogen and oxygen atoms in total. The van der Waals surface area contributed by atoms with Gasteiger partial charge in [-0.25, -0.2) is 0 Å². The first-order valence-electron chi connectivity index (χ1n) is 7.92. The number of Topliss-reactive ketones (excluding diaryl/α,β-unsaturated/α-hetero) is 1. The molecule has 0 aliphatic carbocycles. The second-order valence-corrected chi connectivity index (χ2v) is 5.89. The van der Waals surface area contributed by atoms with Crippen molar-refractivity contribution in [2.45, 2.75) is 40.2 Å². The molecule has 0 radical (unpaired) electrons. The molecule has 23 heavy (non-hydrogen) atoms. The Hall–Kier alpha value is -2.36. The van der Waals surface area contributed by atoms with Crippen molar-refractivity contribution in [3.05, 3.63) is 58.4 Å². The lowest BCUT2D eigenvalue weighted by Crippen LogP contribution is -2.30. The molecule has 1 N–H and O–H groups in total. The number of rotatable bonds is 5. The number of benzene rings is 1. The molecule has 0 saturated carbocycles. The molecule has 2 rings (SSSR count). The maximum Gasteiger partial charge on any atom is 0.270 e. The molecule has 0 fully saturated rings. The maximum absolute atomic E-state index is 12.9. The number of nitrogens with zero attached hydrogens (tertiary/aromatic N) is 1. The minimum atomic E-state index is -0.0891. The van der Waals surface area contributed by atoms with Crippen LogP contribution in [0.5, 0.6) is 0 Å². The Morgan fingerprint density at radius 2 is 1.83 bits per heavy atom. The number of H-pyrrole nitrogens is 1. The molecule has 1 aromatic carbocycles. The molecule has 0 spiro atoms. The number of hydrogen-bond donors (Lipinski definition) is 1. The molecule has 0 aliphatic heterocycles. The van der Waals surface area contributed by atoms with Gasteiger partial charge in [-0.3, -0.25) is 9.59 Å². The van der Waals surface area contributed by atoms with Gasteiger partial charge in [0.1, 0.15) is 5.69 Å². The Kier molecular flexibility index (Phi) is 5.04. The van der Waals surface area contributed by atoms with Crippen LogP contribution in [0.3, 0.4) is 0 Å². The summed E-state index contributed by atoms with van der Waals surface area (Å²) in [4.78, 5) is 29.6. The molecule has 2 aromatic rings. The Morgan fingerprint density at radius 3 is 2.35 bits per heavy atom. The van der Waals surface area contributed by atoms with Crippen LogP contribution < -0.4 is 0 Å². The van der Waals surface area contributed by atoms with Crippen LogP contribution in [-0.4, -0.2) is 28.6 Å². The molecule has 0 saturated heterocycles. The van der Waals surface area contributed by atoms with Gasteiger partial charge < -0.3 is 9.88 Å². The third-order valence-electron chi connectivity index (χ3n) is 4.39. The molecule has 0 aliphatic rings. The number of ketones is 1. The first-order chi connectivity index (χ1) is 10.9. The SMILES string of the molecule is CCc1c(C(=O)N(C)C(C)c2ccccc2)[nH]c(C)c1C(C)=O. The van der Waals surface area contributed by atoms with Crippen LogP contribution in [0.2, 0.25) is 0 Å². The fourth-order valence-electron chi connectivity index (χ4n) is 3.00. The molecule has 1 atom stereocenters. The summed E-state index contributed by atoms with van der Waals surface area (Å²) in [5.41, 5.74) is 3.83. The average molecular weight is 312 g/mol. The molecule has 1 amide bonds. The smallest absolute Gasteiger partial charge is 0.270 e. The van der Waals surface area contributed by atoms with Crippen LogP contribution in [0.25, 0.3) is 0 Å². The van der Waals surface area contributed by atoms with Gasteiger partial charge in [-0.15, -0.1) is 0 Å². The first-order valence-corrected chi connectivity index (χ1v) is 7.92. The van der Waals surface area contributed by atoms with Crippen LogP contribution in [0.4, 0.5) is 0 Å². The van der Waals surface area contributed by atoms with Crippen molar-refractivity contribution < 1.29 is 9.59 Å². The highest BCUT2D eigenvalue weighted by atomic mass is 16.2. The number of aryl methyl sites for hydroxylation is 1. The Balaban J connectivity index is 2.37. The highest BCUT2D eigenvalue weighted by molar-refractivity contribution is 6.02. The minimum absolute atomic E-state index is 0.00610. The zero-order valence-electron chi connectivity index (χ0n) is 14.4. The molecule has 122 valence electrons. The zero-order chi connectivity index (χ0) is 17.1. The predicted octanol–water partition coefficient (Wildman–Crippen LogP) is 3.92. The highest BCUT2D eigenvalue weighted by Gasteiger charge is 2.26. The normalized spacial score (nSPS) is 12.0. The third kappa shape index (κ3) is 3.21. The average Bonchev–Trinajstić information content (AvgIpc) is 2.90. The molecule has 1 unspecified atom stereocenters. The number of aromatic amines is 1. The topological polar surface area (TPSA) is 53.2 Å². The van der Waals surface area contributed by atoms with Gasteiger partial charge in [0.05, 0.1) is 6.04 Å². The van der Waals surface area contributed by atoms with Crippen LogP contribution in [0, 0.1) is 6.92 Å². The number of nitrogens with one attached hydrogen (secondary N) is 1. The van der Waals surface area contributed by atoms with E-state index in [0.717, 1.165) is 16.8 Å². The number of carbonyl (C=O) groups is 2. The van der Waals surface area contributed by atoms with Gasteiger partial charge in [0.25, 0.3) is 5.91 Å². The standard InChI is InChI=1S/C19H24N2O2/c1-6-16-17(14(4)22)12(2)20-18(16)19(23)21(5)13(3)15-10-8-7-9-11-15/h7-11,13,20H,6H2,1-5H3. The number of amides is 1. The van der Waals surface area contributed by atoms with Gasteiger partial charge in [-0.1, -0.05) is 37.3 Å². The van der Waals surface area contributed by atoms with E-state index in [2.05, 4.69) is 4.98 Å². The van der Waals surface area contributed by atoms with Gasteiger partial charge in [0, 0.05) is 18.3 Å². The number of hydrogen-bond acceptors (Lipinski definition) is 2. The summed E-state index contributed by atoms with van der Waals surface area (Å²) in [5.74, 6) is -0.0952. The van der Waals surface area contributed by atoms with E-state index in [0.29, 0.717) is 17.7 Å². The van der Waals surface area contributed by atoms with E-state index in [-0.39, 0.29) is 17.7 Å². The van der Waals surface area contributed by atoms with Crippen molar-refractivity contribution in [2.24, 2.45) is 0 Å². The lowest BCUT2D eigenvalue weighted by Gasteiger charge is -2.25. The van der Waals surface area contributed by atoms with Crippen molar-refractivity contribution >= 4 is 11.7 Å². The van der Waals surface area contributed by atoms with Gasteiger partial charge in [0.2, 0.25) is 0 Å². The van der Waals surface area contributed by atoms with E-state index in [9.17, 15) is 9.59 Å². The van der Waals surface area contributed by atoms with Gasteiger partial charge in [-0.2, -0.15) is 0 Å². The lowest BCUT2D eigenvalue weighted by atomic mass is 10.0. The van der Waals surface area contributed by atoms with Crippen LogP contribution in [0.1, 0.15) is 64.5 Å². The van der Waals surface area contributed by atoms with E-state index in [1.54, 1.807) is 18.9 Å². The van der Waals surface area contributed by atoms with Gasteiger partial charge >= 0.3 is 0 Å². The van der Waals surface area contributed by atoms with E-state index in [1.807, 2.05) is 51.1 Å². The van der Waals surface area contributed by atoms with Crippen LogP contribution in [-0.2, 0) is 6.42 Å². The molecule has 0 bridgehead atoms. The summed E-state index contributed by atoms with van der Waals surface area (Å²) in [7, 11) is 1.79. The summed E-state index contributed by atoms with van der Waals surface area (Å²) >= 11 is 0. The summed E-state index contributed by atoms with van der Waals surface area (Å²) in [5, 5.41) is 0. The summed E-state index contributed by atoms with van der Waals surface area (Å²) in [6.45, 7) is 7.35. The van der Waals surface area contributed by atoms with Crippen molar-refractivity contribution in [3.63, 3.8) is 0 Å². The maximum atomic E-state index is 12.9. The zero-order valence-corrected chi connectivity index (χ0v) is 14.4. The second-order valence-electron chi connectivity index (χ2n) is 5.89. The quantitative estimate of drug-likeness (QED) is 0.851. The molecular formula is C19H24N2O2. The van der Waals surface area contributed by atoms with E-state index in [4.69, 9.17) is 0 Å². The monoisotopic (exact) mass is 312 g/mol. The van der Waals surface area contributed by atoms with Crippen LogP contribution in [0.15, 0.2) is 30.3 Å². The fourth-order valence-corrected chi connectivity index (χ4v) is 3.00. The van der Waals surface area contributed by atoms with E-state index >= 15 is 0 Å².